The summed E-state index contributed by atoms with van der Waals surface area (Å²) in [6.45, 7) is 7.86. The summed E-state index contributed by atoms with van der Waals surface area (Å²) in [5, 5.41) is 9.52. The van der Waals surface area contributed by atoms with Crippen LogP contribution in [0.25, 0.3) is 11.1 Å². The third-order valence-corrected chi connectivity index (χ3v) is 9.59. The zero-order chi connectivity index (χ0) is 27.2. The summed E-state index contributed by atoms with van der Waals surface area (Å²) in [4.78, 5) is 18.9. The molecule has 4 fully saturated rings. The van der Waals surface area contributed by atoms with Gasteiger partial charge < -0.3 is 14.6 Å². The average Bonchev–Trinajstić information content (AvgIpc) is 3.66. The number of aromatic nitrogens is 1. The summed E-state index contributed by atoms with van der Waals surface area (Å²) in [6, 6.07) is 8.91. The highest BCUT2D eigenvalue weighted by atomic mass is 19.1. The highest BCUT2D eigenvalue weighted by Gasteiger charge is 2.50. The number of halogens is 1. The number of hydrogen-bond donors (Lipinski definition) is 1. The van der Waals surface area contributed by atoms with Gasteiger partial charge in [0.15, 0.2) is 0 Å². The molecule has 1 N–H and O–H groups in total. The summed E-state index contributed by atoms with van der Waals surface area (Å²) >= 11 is 0. The van der Waals surface area contributed by atoms with Crippen LogP contribution in [0, 0.1) is 23.1 Å². The number of hydrogen-bond acceptors (Lipinski definition) is 5. The fraction of sp³-hybridized carbons (Fsp3) is 0.625. The number of carboxylic acid groups (broad SMARTS) is 1. The molecule has 39 heavy (non-hydrogen) atoms. The van der Waals surface area contributed by atoms with Crippen molar-refractivity contribution in [2.24, 2.45) is 17.3 Å². The Hall–Kier alpha value is -2.51. The maximum Gasteiger partial charge on any atom is 0.309 e. The lowest BCUT2D eigenvalue weighted by atomic mass is 9.69. The molecule has 2 saturated carbocycles. The molecule has 210 valence electrons. The van der Waals surface area contributed by atoms with Gasteiger partial charge in [-0.2, -0.15) is 0 Å². The molecule has 4 aliphatic rings. The molecule has 0 radical (unpaired) electrons. The van der Waals surface area contributed by atoms with Crippen molar-refractivity contribution in [3.8, 4) is 17.0 Å². The molecular formula is C32H41FN2O4. The van der Waals surface area contributed by atoms with Crippen LogP contribution >= 0.6 is 0 Å². The van der Waals surface area contributed by atoms with E-state index >= 15 is 0 Å². The van der Waals surface area contributed by atoms with Gasteiger partial charge in [0.1, 0.15) is 5.82 Å². The van der Waals surface area contributed by atoms with Gasteiger partial charge in [-0.05, 0) is 112 Å². The fourth-order valence-electron chi connectivity index (χ4n) is 7.19. The van der Waals surface area contributed by atoms with Crippen molar-refractivity contribution in [2.45, 2.75) is 83.3 Å². The second kappa shape index (κ2) is 10.5. The lowest BCUT2D eigenvalue weighted by Gasteiger charge is -2.47. The van der Waals surface area contributed by atoms with Crippen LogP contribution in [0.1, 0.15) is 82.4 Å². The molecule has 1 spiro atoms. The van der Waals surface area contributed by atoms with Gasteiger partial charge in [0.05, 0.1) is 29.9 Å². The van der Waals surface area contributed by atoms with E-state index in [0.717, 1.165) is 81.6 Å². The van der Waals surface area contributed by atoms with E-state index in [0.29, 0.717) is 30.2 Å². The lowest BCUT2D eigenvalue weighted by Crippen LogP contribution is -2.60. The molecule has 0 amide bonds. The van der Waals surface area contributed by atoms with Crippen LogP contribution in [-0.2, 0) is 16.1 Å². The van der Waals surface area contributed by atoms with Crippen LogP contribution in [0.4, 0.5) is 4.39 Å². The molecule has 1 aromatic heterocycles. The minimum atomic E-state index is -0.643. The lowest BCUT2D eigenvalue weighted by molar-refractivity contribution is -0.150. The molecule has 2 aliphatic carbocycles. The zero-order valence-electron chi connectivity index (χ0n) is 23.3. The first kappa shape index (κ1) is 26.7. The van der Waals surface area contributed by atoms with Crippen LogP contribution in [-0.4, -0.2) is 52.9 Å². The average molecular weight is 537 g/mol. The molecule has 2 saturated heterocycles. The van der Waals surface area contributed by atoms with E-state index in [1.54, 1.807) is 0 Å². The van der Waals surface area contributed by atoms with Crippen LogP contribution in [0.15, 0.2) is 30.3 Å². The molecule has 1 atom stereocenters. The number of carboxylic acids is 1. The van der Waals surface area contributed by atoms with Gasteiger partial charge in [-0.3, -0.25) is 9.69 Å². The maximum absolute atomic E-state index is 13.6. The number of carbonyl (C=O) groups is 1. The van der Waals surface area contributed by atoms with Gasteiger partial charge in [-0.25, -0.2) is 9.37 Å². The van der Waals surface area contributed by atoms with Gasteiger partial charge in [-0.15, -0.1) is 0 Å². The Morgan fingerprint density at radius 1 is 1.15 bits per heavy atom. The van der Waals surface area contributed by atoms with Crippen LogP contribution < -0.4 is 4.74 Å². The predicted octanol–water partition coefficient (Wildman–Crippen LogP) is 6.43. The molecule has 0 bridgehead atoms. The van der Waals surface area contributed by atoms with Gasteiger partial charge in [0.25, 0.3) is 0 Å². The number of likely N-dealkylation sites (tertiary alicyclic amines) is 1. The first-order valence-corrected chi connectivity index (χ1v) is 14.8. The van der Waals surface area contributed by atoms with E-state index in [-0.39, 0.29) is 11.4 Å². The second-order valence-electron chi connectivity index (χ2n) is 12.9. The van der Waals surface area contributed by atoms with Crippen molar-refractivity contribution >= 4 is 5.97 Å². The molecule has 3 heterocycles. The molecule has 6 nitrogen and oxygen atoms in total. The summed E-state index contributed by atoms with van der Waals surface area (Å²) in [5.41, 5.74) is 3.69. The zero-order valence-corrected chi connectivity index (χ0v) is 23.3. The SMILES string of the molecule is CCOc1nc(CN2CC3(CC(CC4CCC(C)(C(=O)O)CC4)CO3)C2)cc(C2CC2)c1-c1ccc(F)cc1. The highest BCUT2D eigenvalue weighted by Crippen LogP contribution is 2.48. The predicted molar refractivity (Wildman–Crippen MR) is 147 cm³/mol. The summed E-state index contributed by atoms with van der Waals surface area (Å²) in [5.74, 6) is 1.49. The Labute approximate surface area is 230 Å². The Morgan fingerprint density at radius 2 is 1.87 bits per heavy atom. The van der Waals surface area contributed by atoms with Crippen LogP contribution in [0.2, 0.25) is 0 Å². The second-order valence-corrected chi connectivity index (χ2v) is 12.9. The van der Waals surface area contributed by atoms with Crippen molar-refractivity contribution in [3.05, 3.63) is 47.4 Å². The normalized spacial score (nSPS) is 28.4. The number of aliphatic carboxylic acids is 1. The minimum absolute atomic E-state index is 0.0367. The van der Waals surface area contributed by atoms with Crippen molar-refractivity contribution in [1.82, 2.24) is 9.88 Å². The smallest absolute Gasteiger partial charge is 0.309 e. The van der Waals surface area contributed by atoms with E-state index < -0.39 is 11.4 Å². The van der Waals surface area contributed by atoms with Crippen molar-refractivity contribution < 1.29 is 23.8 Å². The highest BCUT2D eigenvalue weighted by molar-refractivity contribution is 5.74. The third kappa shape index (κ3) is 5.58. The van der Waals surface area contributed by atoms with Gasteiger partial charge in [0.2, 0.25) is 5.88 Å². The van der Waals surface area contributed by atoms with Crippen molar-refractivity contribution in [1.29, 1.82) is 0 Å². The third-order valence-electron chi connectivity index (χ3n) is 9.59. The largest absolute Gasteiger partial charge is 0.481 e. The Morgan fingerprint density at radius 3 is 2.51 bits per heavy atom. The summed E-state index contributed by atoms with van der Waals surface area (Å²) < 4.78 is 26.0. The molecule has 7 heteroatoms. The Bertz CT molecular complexity index is 1200. The van der Waals surface area contributed by atoms with E-state index in [9.17, 15) is 14.3 Å². The number of pyridine rings is 1. The molecule has 2 aliphatic heterocycles. The van der Waals surface area contributed by atoms with Crippen molar-refractivity contribution in [2.75, 3.05) is 26.3 Å². The quantitative estimate of drug-likeness (QED) is 0.398. The van der Waals surface area contributed by atoms with Crippen molar-refractivity contribution in [3.63, 3.8) is 0 Å². The number of nitrogens with zero attached hydrogens (tertiary/aromatic N) is 2. The molecule has 6 rings (SSSR count). The van der Waals surface area contributed by atoms with E-state index in [1.807, 2.05) is 26.0 Å². The number of ether oxygens (including phenoxy) is 2. The van der Waals surface area contributed by atoms with E-state index in [2.05, 4.69) is 11.0 Å². The Kier molecular flexibility index (Phi) is 7.17. The minimum Gasteiger partial charge on any atom is -0.481 e. The van der Waals surface area contributed by atoms with Gasteiger partial charge >= 0.3 is 5.97 Å². The molecular weight excluding hydrogens is 495 g/mol. The topological polar surface area (TPSA) is 71.9 Å². The van der Waals surface area contributed by atoms with Crippen LogP contribution in [0.3, 0.4) is 0 Å². The van der Waals surface area contributed by atoms with Crippen LogP contribution in [0.5, 0.6) is 5.88 Å². The fourth-order valence-corrected chi connectivity index (χ4v) is 7.19. The molecule has 2 aromatic rings. The number of benzene rings is 1. The molecule has 1 unspecified atom stereocenters. The van der Waals surface area contributed by atoms with Gasteiger partial charge in [0, 0.05) is 25.2 Å². The Balaban J connectivity index is 1.08. The van der Waals surface area contributed by atoms with E-state index in [1.165, 1.54) is 30.5 Å². The van der Waals surface area contributed by atoms with Gasteiger partial charge in [-0.1, -0.05) is 12.1 Å². The summed E-state index contributed by atoms with van der Waals surface area (Å²) in [6.07, 6.45) is 8.21. The van der Waals surface area contributed by atoms with E-state index in [4.69, 9.17) is 14.5 Å². The number of rotatable bonds is 9. The monoisotopic (exact) mass is 536 g/mol. The first-order chi connectivity index (χ1) is 18.8. The first-order valence-electron chi connectivity index (χ1n) is 14.8. The maximum atomic E-state index is 13.6. The summed E-state index contributed by atoms with van der Waals surface area (Å²) in [7, 11) is 0. The standard InChI is InChI=1S/C32H41FN2O4/c1-3-38-29-28(24-6-8-25(33)9-7-24)27(23-4-5-23)15-26(34-29)17-35-19-32(20-35)16-22(18-39-32)14-21-10-12-31(2,13-11-21)30(36)37/h6-9,15,21-23H,3-5,10-14,16-20H2,1-2H3,(H,36,37). The molecule has 1 aromatic carbocycles.